The van der Waals surface area contributed by atoms with Gasteiger partial charge in [-0.2, -0.15) is 0 Å². The number of hydrogen-bond donors (Lipinski definition) is 1. The lowest BCUT2D eigenvalue weighted by atomic mass is 10.2. The monoisotopic (exact) mass is 307 g/mol. The molecular weight excluding hydrogens is 286 g/mol. The van der Waals surface area contributed by atoms with E-state index in [-0.39, 0.29) is 11.9 Å². The van der Waals surface area contributed by atoms with Gasteiger partial charge < -0.3 is 15.0 Å². The molecule has 6 heteroatoms. The van der Waals surface area contributed by atoms with Crippen LogP contribution in [0.25, 0.3) is 10.2 Å². The first-order chi connectivity index (χ1) is 10.0. The van der Waals surface area contributed by atoms with Crippen LogP contribution in [0.3, 0.4) is 0 Å². The van der Waals surface area contributed by atoms with Crippen molar-refractivity contribution in [2.75, 3.05) is 25.6 Å². The molecule has 1 amide bonds. The first kappa shape index (κ1) is 15.6. The third-order valence-corrected chi connectivity index (χ3v) is 4.45. The van der Waals surface area contributed by atoms with Crippen molar-refractivity contribution in [3.63, 3.8) is 0 Å². The van der Waals surface area contributed by atoms with Crippen LogP contribution in [0.2, 0.25) is 0 Å². The zero-order valence-electron chi connectivity index (χ0n) is 12.8. The maximum atomic E-state index is 11.9. The summed E-state index contributed by atoms with van der Waals surface area (Å²) >= 11 is 1.56. The van der Waals surface area contributed by atoms with Crippen molar-refractivity contribution in [2.45, 2.75) is 26.3 Å². The highest BCUT2D eigenvalue weighted by atomic mass is 32.1. The fourth-order valence-electron chi connectivity index (χ4n) is 1.95. The van der Waals surface area contributed by atoms with E-state index in [1.54, 1.807) is 18.4 Å². The van der Waals surface area contributed by atoms with Gasteiger partial charge >= 0.3 is 0 Å². The number of carbonyl (C=O) groups excluding carboxylic acids is 1. The van der Waals surface area contributed by atoms with Crippen LogP contribution in [-0.4, -0.2) is 37.6 Å². The lowest BCUT2D eigenvalue weighted by Crippen LogP contribution is -2.39. The molecule has 0 saturated carbocycles. The molecule has 21 heavy (non-hydrogen) atoms. The van der Waals surface area contributed by atoms with Gasteiger partial charge in [-0.3, -0.25) is 4.79 Å². The zero-order valence-corrected chi connectivity index (χ0v) is 13.7. The molecule has 1 aromatic carbocycles. The highest BCUT2D eigenvalue weighted by Crippen LogP contribution is 2.33. The number of methoxy groups -OCH3 is 1. The predicted molar refractivity (Wildman–Crippen MR) is 87.3 cm³/mol. The Morgan fingerprint density at radius 3 is 2.95 bits per heavy atom. The third kappa shape index (κ3) is 3.64. The minimum atomic E-state index is 0.0121. The molecule has 1 unspecified atom stereocenters. The molecule has 1 N–H and O–H groups in total. The highest BCUT2D eigenvalue weighted by molar-refractivity contribution is 7.22. The van der Waals surface area contributed by atoms with Crippen molar-refractivity contribution in [1.82, 2.24) is 10.3 Å². The molecule has 0 fully saturated rings. The van der Waals surface area contributed by atoms with E-state index in [9.17, 15) is 4.79 Å². The molecule has 0 aliphatic carbocycles. The number of para-hydroxylation sites is 1. The van der Waals surface area contributed by atoms with Gasteiger partial charge in [-0.1, -0.05) is 24.3 Å². The Bertz CT molecular complexity index is 626. The molecule has 0 aliphatic rings. The summed E-state index contributed by atoms with van der Waals surface area (Å²) in [7, 11) is 3.51. The largest absolute Gasteiger partial charge is 0.494 e. The molecule has 0 spiro atoms. The van der Waals surface area contributed by atoms with E-state index in [1.807, 2.05) is 37.1 Å². The summed E-state index contributed by atoms with van der Waals surface area (Å²) in [6.45, 7) is 4.35. The topological polar surface area (TPSA) is 54.5 Å². The van der Waals surface area contributed by atoms with E-state index >= 15 is 0 Å². The number of benzene rings is 1. The fourth-order valence-corrected chi connectivity index (χ4v) is 2.89. The molecule has 0 radical (unpaired) electrons. The molecular formula is C15H21N3O2S. The van der Waals surface area contributed by atoms with Crippen molar-refractivity contribution in [1.29, 1.82) is 0 Å². The number of thiazole rings is 1. The van der Waals surface area contributed by atoms with Crippen LogP contribution in [0, 0.1) is 0 Å². The van der Waals surface area contributed by atoms with Gasteiger partial charge in [0.15, 0.2) is 5.13 Å². The zero-order chi connectivity index (χ0) is 15.4. The number of fused-ring (bicyclic) bond motifs is 1. The lowest BCUT2D eigenvalue weighted by Gasteiger charge is -2.17. The second kappa shape index (κ2) is 6.76. The maximum Gasteiger partial charge on any atom is 0.239 e. The maximum absolute atomic E-state index is 11.9. The van der Waals surface area contributed by atoms with Crippen LogP contribution in [0.1, 0.15) is 20.3 Å². The van der Waals surface area contributed by atoms with E-state index in [2.05, 4.69) is 17.2 Å². The number of nitrogens with zero attached hydrogens (tertiary/aromatic N) is 2. The fraction of sp³-hybridized carbons (Fsp3) is 0.467. The van der Waals surface area contributed by atoms with E-state index in [0.29, 0.717) is 6.54 Å². The number of aromatic nitrogens is 1. The van der Waals surface area contributed by atoms with Crippen molar-refractivity contribution < 1.29 is 9.53 Å². The number of ether oxygens (including phenoxy) is 1. The van der Waals surface area contributed by atoms with Crippen LogP contribution >= 0.6 is 11.3 Å². The van der Waals surface area contributed by atoms with Gasteiger partial charge in [0.25, 0.3) is 0 Å². The Morgan fingerprint density at radius 2 is 2.29 bits per heavy atom. The summed E-state index contributed by atoms with van der Waals surface area (Å²) in [5.74, 6) is 0.769. The molecule has 0 bridgehead atoms. The van der Waals surface area contributed by atoms with Crippen LogP contribution in [0.5, 0.6) is 5.75 Å². The Labute approximate surface area is 128 Å². The minimum Gasteiger partial charge on any atom is -0.494 e. The third-order valence-electron chi connectivity index (χ3n) is 3.32. The molecule has 5 nitrogen and oxygen atoms in total. The average molecular weight is 307 g/mol. The second-order valence-electron chi connectivity index (χ2n) is 5.04. The molecule has 2 rings (SSSR count). The number of carbonyl (C=O) groups is 1. The molecule has 1 heterocycles. The standard InChI is InChI=1S/C15H21N3O2S/c1-5-10(2)16-13(19)9-18(3)15-17-14-11(20-4)7-6-8-12(14)21-15/h6-8,10H,5,9H2,1-4H3,(H,16,19). The number of rotatable bonds is 6. The normalized spacial score (nSPS) is 12.2. The summed E-state index contributed by atoms with van der Waals surface area (Å²) in [6.07, 6.45) is 0.924. The van der Waals surface area contributed by atoms with Gasteiger partial charge in [0.2, 0.25) is 5.91 Å². The Hall–Kier alpha value is -1.82. The summed E-state index contributed by atoms with van der Waals surface area (Å²) in [5.41, 5.74) is 0.842. The van der Waals surface area contributed by atoms with E-state index in [1.165, 1.54) is 0 Å². The van der Waals surface area contributed by atoms with Gasteiger partial charge in [-0.15, -0.1) is 0 Å². The van der Waals surface area contributed by atoms with Gasteiger partial charge in [0.05, 0.1) is 18.4 Å². The average Bonchev–Trinajstić information content (AvgIpc) is 2.90. The van der Waals surface area contributed by atoms with Crippen LogP contribution < -0.4 is 15.0 Å². The molecule has 1 aromatic heterocycles. The van der Waals surface area contributed by atoms with Crippen molar-refractivity contribution >= 4 is 32.6 Å². The molecule has 2 aromatic rings. The quantitative estimate of drug-likeness (QED) is 0.891. The molecule has 0 saturated heterocycles. The minimum absolute atomic E-state index is 0.0121. The Kier molecular flexibility index (Phi) is 5.01. The second-order valence-corrected chi connectivity index (χ2v) is 6.05. The summed E-state index contributed by atoms with van der Waals surface area (Å²) in [5, 5.41) is 3.77. The number of amides is 1. The lowest BCUT2D eigenvalue weighted by molar-refractivity contribution is -0.120. The number of nitrogens with one attached hydrogen (secondary N) is 1. The smallest absolute Gasteiger partial charge is 0.239 e. The van der Waals surface area contributed by atoms with Gasteiger partial charge in [-0.25, -0.2) is 4.98 Å². The van der Waals surface area contributed by atoms with Crippen molar-refractivity contribution in [3.05, 3.63) is 18.2 Å². The van der Waals surface area contributed by atoms with Crippen molar-refractivity contribution in [2.24, 2.45) is 0 Å². The Morgan fingerprint density at radius 1 is 1.52 bits per heavy atom. The number of likely N-dealkylation sites (N-methyl/N-ethyl adjacent to an activating group) is 1. The molecule has 0 aliphatic heterocycles. The Balaban J connectivity index is 2.12. The van der Waals surface area contributed by atoms with Gasteiger partial charge in [-0.05, 0) is 25.5 Å². The predicted octanol–water partition coefficient (Wildman–Crippen LogP) is 2.66. The van der Waals surface area contributed by atoms with E-state index in [0.717, 1.165) is 27.5 Å². The summed E-state index contributed by atoms with van der Waals surface area (Å²) < 4.78 is 6.37. The van der Waals surface area contributed by atoms with Crippen molar-refractivity contribution in [3.8, 4) is 5.75 Å². The number of hydrogen-bond acceptors (Lipinski definition) is 5. The SMILES string of the molecule is CCC(C)NC(=O)CN(C)c1nc2c(OC)cccc2s1. The van der Waals surface area contributed by atoms with Crippen LogP contribution in [0.15, 0.2) is 18.2 Å². The molecule has 1 atom stereocenters. The van der Waals surface area contributed by atoms with Gasteiger partial charge in [0, 0.05) is 13.1 Å². The highest BCUT2D eigenvalue weighted by Gasteiger charge is 2.14. The summed E-state index contributed by atoms with van der Waals surface area (Å²) in [6, 6.07) is 6.04. The van der Waals surface area contributed by atoms with Gasteiger partial charge in [0.1, 0.15) is 11.3 Å². The first-order valence-corrected chi connectivity index (χ1v) is 7.80. The number of anilines is 1. The van der Waals surface area contributed by atoms with E-state index in [4.69, 9.17) is 4.74 Å². The van der Waals surface area contributed by atoms with Crippen LogP contribution in [0.4, 0.5) is 5.13 Å². The summed E-state index contributed by atoms with van der Waals surface area (Å²) in [4.78, 5) is 18.4. The first-order valence-electron chi connectivity index (χ1n) is 6.99. The van der Waals surface area contributed by atoms with Crippen LogP contribution in [-0.2, 0) is 4.79 Å². The molecule has 114 valence electrons. The van der Waals surface area contributed by atoms with E-state index < -0.39 is 0 Å².